The van der Waals surface area contributed by atoms with E-state index in [1.54, 1.807) is 11.8 Å². The Morgan fingerprint density at radius 1 is 1.42 bits per heavy atom. The number of ether oxygens (including phenoxy) is 1. The van der Waals surface area contributed by atoms with Crippen LogP contribution in [0.1, 0.15) is 29.7 Å². The number of rotatable bonds is 7. The number of benzene rings is 1. The number of carbonyl (C=O) groups is 1. The molecule has 1 unspecified atom stereocenters. The molecule has 1 atom stereocenters. The average molecular weight is 281 g/mol. The van der Waals surface area contributed by atoms with Crippen molar-refractivity contribution in [3.63, 3.8) is 0 Å². The fourth-order valence-corrected chi connectivity index (χ4v) is 2.96. The van der Waals surface area contributed by atoms with E-state index in [1.807, 2.05) is 14.0 Å². The van der Waals surface area contributed by atoms with E-state index in [-0.39, 0.29) is 12.0 Å². The van der Waals surface area contributed by atoms with Crippen LogP contribution in [0.15, 0.2) is 18.2 Å². The molecule has 0 aliphatic rings. The lowest BCUT2D eigenvalue weighted by Crippen LogP contribution is -2.20. The minimum absolute atomic E-state index is 0.136. The van der Waals surface area contributed by atoms with Crippen molar-refractivity contribution in [2.45, 2.75) is 26.8 Å². The molecule has 0 fully saturated rings. The Morgan fingerprint density at radius 3 is 2.74 bits per heavy atom. The van der Waals surface area contributed by atoms with Crippen LogP contribution in [0.2, 0.25) is 0 Å². The first-order chi connectivity index (χ1) is 9.08. The number of nitrogens with one attached hydrogen (secondary N) is 1. The fraction of sp³-hybridized carbons (Fsp3) is 0.533. The second-order valence-corrected chi connectivity index (χ2v) is 5.55. The first-order valence-electron chi connectivity index (χ1n) is 6.56. The highest BCUT2D eigenvalue weighted by Crippen LogP contribution is 2.22. The summed E-state index contributed by atoms with van der Waals surface area (Å²) in [6, 6.07) is 6.75. The van der Waals surface area contributed by atoms with Crippen molar-refractivity contribution < 1.29 is 9.53 Å². The number of hydrogen-bond donors (Lipinski definition) is 1. The van der Waals surface area contributed by atoms with E-state index < -0.39 is 0 Å². The highest BCUT2D eigenvalue weighted by molar-refractivity contribution is 7.99. The molecular formula is C15H23NO2S. The zero-order valence-electron chi connectivity index (χ0n) is 12.2. The van der Waals surface area contributed by atoms with Crippen molar-refractivity contribution in [1.82, 2.24) is 5.32 Å². The third-order valence-electron chi connectivity index (χ3n) is 2.96. The summed E-state index contributed by atoms with van der Waals surface area (Å²) < 4.78 is 4.92. The van der Waals surface area contributed by atoms with Gasteiger partial charge >= 0.3 is 5.97 Å². The van der Waals surface area contributed by atoms with Crippen LogP contribution in [0.3, 0.4) is 0 Å². The van der Waals surface area contributed by atoms with Crippen LogP contribution in [0, 0.1) is 13.8 Å². The quantitative estimate of drug-likeness (QED) is 0.780. The largest absolute Gasteiger partial charge is 0.465 e. The van der Waals surface area contributed by atoms with Crippen LogP contribution >= 0.6 is 11.8 Å². The van der Waals surface area contributed by atoms with Gasteiger partial charge in [-0.25, -0.2) is 0 Å². The van der Waals surface area contributed by atoms with Gasteiger partial charge in [-0.2, -0.15) is 0 Å². The van der Waals surface area contributed by atoms with Crippen molar-refractivity contribution in [1.29, 1.82) is 0 Å². The molecular weight excluding hydrogens is 258 g/mol. The van der Waals surface area contributed by atoms with Gasteiger partial charge < -0.3 is 10.1 Å². The maximum Gasteiger partial charge on any atom is 0.315 e. The molecule has 0 radical (unpaired) electrons. The summed E-state index contributed by atoms with van der Waals surface area (Å²) in [5.41, 5.74) is 3.86. The highest BCUT2D eigenvalue weighted by Gasteiger charge is 2.13. The zero-order valence-corrected chi connectivity index (χ0v) is 13.0. The molecule has 19 heavy (non-hydrogen) atoms. The third kappa shape index (κ3) is 5.25. The molecule has 106 valence electrons. The van der Waals surface area contributed by atoms with Crippen LogP contribution < -0.4 is 5.32 Å². The highest BCUT2D eigenvalue weighted by atomic mass is 32.2. The maximum atomic E-state index is 11.3. The molecule has 0 aromatic heterocycles. The SMILES string of the molecule is CCOC(=O)CSCC(NC)c1ccc(C)cc1C. The predicted octanol–water partition coefficient (Wildman–Crippen LogP) is 2.86. The Balaban J connectivity index is 2.56. The third-order valence-corrected chi connectivity index (χ3v) is 3.97. The molecule has 0 heterocycles. The van der Waals surface area contributed by atoms with Crippen LogP contribution in [-0.2, 0) is 9.53 Å². The number of carbonyl (C=O) groups excluding carboxylic acids is 1. The van der Waals surface area contributed by atoms with Gasteiger partial charge in [-0.1, -0.05) is 23.8 Å². The molecule has 1 N–H and O–H groups in total. The summed E-state index contributed by atoms with van der Waals surface area (Å²) in [6.07, 6.45) is 0. The lowest BCUT2D eigenvalue weighted by atomic mass is 10.0. The number of aryl methyl sites for hydroxylation is 2. The van der Waals surface area contributed by atoms with Gasteiger partial charge in [-0.15, -0.1) is 11.8 Å². The summed E-state index contributed by atoms with van der Waals surface area (Å²) >= 11 is 1.60. The summed E-state index contributed by atoms with van der Waals surface area (Å²) in [4.78, 5) is 11.3. The van der Waals surface area contributed by atoms with Gasteiger partial charge in [0.15, 0.2) is 0 Å². The average Bonchev–Trinajstić information content (AvgIpc) is 2.36. The number of esters is 1. The Bertz CT molecular complexity index is 421. The topological polar surface area (TPSA) is 38.3 Å². The van der Waals surface area contributed by atoms with Gasteiger partial charge in [0.05, 0.1) is 12.4 Å². The van der Waals surface area contributed by atoms with Gasteiger partial charge in [0.2, 0.25) is 0 Å². The summed E-state index contributed by atoms with van der Waals surface area (Å²) in [6.45, 7) is 6.50. The van der Waals surface area contributed by atoms with E-state index in [2.05, 4.69) is 37.4 Å². The van der Waals surface area contributed by atoms with E-state index in [9.17, 15) is 4.79 Å². The minimum atomic E-state index is -0.136. The maximum absolute atomic E-state index is 11.3. The molecule has 0 aliphatic carbocycles. The zero-order chi connectivity index (χ0) is 14.3. The summed E-state index contributed by atoms with van der Waals surface area (Å²) in [5, 5.41) is 3.31. The van der Waals surface area contributed by atoms with Gasteiger partial charge in [-0.05, 0) is 38.9 Å². The van der Waals surface area contributed by atoms with Crippen molar-refractivity contribution in [3.8, 4) is 0 Å². The van der Waals surface area contributed by atoms with E-state index >= 15 is 0 Å². The second-order valence-electron chi connectivity index (χ2n) is 4.52. The van der Waals surface area contributed by atoms with E-state index in [1.165, 1.54) is 16.7 Å². The molecule has 1 aromatic rings. The van der Waals surface area contributed by atoms with Crippen molar-refractivity contribution >= 4 is 17.7 Å². The molecule has 0 amide bonds. The Kier molecular flexibility index (Phi) is 6.95. The Morgan fingerprint density at radius 2 is 2.16 bits per heavy atom. The Labute approximate surface area is 120 Å². The summed E-state index contributed by atoms with van der Waals surface area (Å²) in [7, 11) is 1.95. The van der Waals surface area contributed by atoms with E-state index in [0.717, 1.165) is 5.75 Å². The first kappa shape index (κ1) is 16.1. The molecule has 0 aliphatic heterocycles. The molecule has 0 bridgehead atoms. The van der Waals surface area contributed by atoms with E-state index in [4.69, 9.17) is 4.74 Å². The first-order valence-corrected chi connectivity index (χ1v) is 7.71. The molecule has 0 saturated heterocycles. The van der Waals surface area contributed by atoms with Gasteiger partial charge in [-0.3, -0.25) is 4.79 Å². The van der Waals surface area contributed by atoms with Gasteiger partial charge in [0, 0.05) is 11.8 Å². The van der Waals surface area contributed by atoms with Crippen molar-refractivity contribution in [3.05, 3.63) is 34.9 Å². The van der Waals surface area contributed by atoms with Crippen LogP contribution in [0.25, 0.3) is 0 Å². The molecule has 4 heteroatoms. The van der Waals surface area contributed by atoms with E-state index in [0.29, 0.717) is 12.4 Å². The predicted molar refractivity (Wildman–Crippen MR) is 81.7 cm³/mol. The van der Waals surface area contributed by atoms with Crippen LogP contribution in [0.5, 0.6) is 0 Å². The molecule has 0 saturated carbocycles. The number of hydrogen-bond acceptors (Lipinski definition) is 4. The monoisotopic (exact) mass is 281 g/mol. The standard InChI is InChI=1S/C15H23NO2S/c1-5-18-15(17)10-19-9-14(16-4)13-7-6-11(2)8-12(13)3/h6-8,14,16H,5,9-10H2,1-4H3. The smallest absolute Gasteiger partial charge is 0.315 e. The lowest BCUT2D eigenvalue weighted by molar-refractivity contribution is -0.139. The normalized spacial score (nSPS) is 12.2. The van der Waals surface area contributed by atoms with Crippen LogP contribution in [0.4, 0.5) is 0 Å². The number of thioether (sulfide) groups is 1. The fourth-order valence-electron chi connectivity index (χ4n) is 2.01. The van der Waals surface area contributed by atoms with Crippen LogP contribution in [-0.4, -0.2) is 31.1 Å². The van der Waals surface area contributed by atoms with Crippen molar-refractivity contribution in [2.24, 2.45) is 0 Å². The molecule has 0 spiro atoms. The second kappa shape index (κ2) is 8.23. The van der Waals surface area contributed by atoms with Gasteiger partial charge in [0.1, 0.15) is 0 Å². The summed E-state index contributed by atoms with van der Waals surface area (Å²) in [5.74, 6) is 1.14. The molecule has 1 aromatic carbocycles. The molecule has 1 rings (SSSR count). The lowest BCUT2D eigenvalue weighted by Gasteiger charge is -2.18. The minimum Gasteiger partial charge on any atom is -0.465 e. The Hall–Kier alpha value is -1.00. The van der Waals surface area contributed by atoms with Crippen molar-refractivity contribution in [2.75, 3.05) is 25.2 Å². The molecule has 3 nitrogen and oxygen atoms in total. The van der Waals surface area contributed by atoms with Gasteiger partial charge in [0.25, 0.3) is 0 Å².